The first-order chi connectivity index (χ1) is 8.58. The summed E-state index contributed by atoms with van der Waals surface area (Å²) in [5.74, 6) is 0.473. The van der Waals surface area contributed by atoms with Crippen molar-refractivity contribution in [3.8, 4) is 0 Å². The molecule has 3 heteroatoms. The average molecular weight is 308 g/mol. The predicted octanol–water partition coefficient (Wildman–Crippen LogP) is 4.44. The van der Waals surface area contributed by atoms with Crippen LogP contribution < -0.4 is 5.32 Å². The van der Waals surface area contributed by atoms with Gasteiger partial charge in [-0.05, 0) is 49.9 Å². The number of benzene rings is 1. The van der Waals surface area contributed by atoms with E-state index in [9.17, 15) is 4.79 Å². The van der Waals surface area contributed by atoms with E-state index in [0.717, 1.165) is 35.0 Å². The van der Waals surface area contributed by atoms with Crippen molar-refractivity contribution in [1.29, 1.82) is 0 Å². The number of anilines is 1. The third-order valence-corrected chi connectivity index (χ3v) is 4.31. The van der Waals surface area contributed by atoms with E-state index < -0.39 is 0 Å². The van der Waals surface area contributed by atoms with Gasteiger partial charge in [-0.2, -0.15) is 0 Å². The summed E-state index contributed by atoms with van der Waals surface area (Å²) in [6.07, 6.45) is 4.90. The molecule has 0 unspecified atom stereocenters. The van der Waals surface area contributed by atoms with E-state index in [1.807, 2.05) is 25.3 Å². The number of Topliss-reactive ketones (excluding diaryl/α,β-unsaturated/α-hetero) is 1. The summed E-state index contributed by atoms with van der Waals surface area (Å²) in [6, 6.07) is 6.09. The summed E-state index contributed by atoms with van der Waals surface area (Å²) in [7, 11) is 0. The molecule has 1 N–H and O–H groups in total. The Balaban J connectivity index is 2.09. The Hall–Kier alpha value is -1.09. The molecule has 2 nitrogen and oxygen atoms in total. The first kappa shape index (κ1) is 13.3. The van der Waals surface area contributed by atoms with Crippen molar-refractivity contribution in [2.75, 3.05) is 5.32 Å². The number of halogens is 1. The van der Waals surface area contributed by atoms with Crippen LogP contribution in [0.3, 0.4) is 0 Å². The van der Waals surface area contributed by atoms with Crippen LogP contribution in [0.25, 0.3) is 0 Å². The summed E-state index contributed by atoms with van der Waals surface area (Å²) in [6.45, 7) is 4.06. The molecule has 0 saturated heterocycles. The third-order valence-electron chi connectivity index (χ3n) is 3.42. The topological polar surface area (TPSA) is 29.1 Å². The molecule has 18 heavy (non-hydrogen) atoms. The Labute approximate surface area is 117 Å². The van der Waals surface area contributed by atoms with Crippen molar-refractivity contribution in [2.24, 2.45) is 5.92 Å². The fourth-order valence-corrected chi connectivity index (χ4v) is 2.46. The van der Waals surface area contributed by atoms with E-state index in [-0.39, 0.29) is 5.92 Å². The number of allylic oxidation sites excluding steroid dienone is 1. The van der Waals surface area contributed by atoms with Crippen LogP contribution in [0.1, 0.15) is 31.7 Å². The summed E-state index contributed by atoms with van der Waals surface area (Å²) in [5, 5.41) is 3.23. The highest BCUT2D eigenvalue weighted by Gasteiger charge is 2.22. The molecule has 0 heterocycles. The van der Waals surface area contributed by atoms with Gasteiger partial charge >= 0.3 is 0 Å². The van der Waals surface area contributed by atoms with Crippen LogP contribution in [0.15, 0.2) is 34.4 Å². The van der Waals surface area contributed by atoms with Crippen molar-refractivity contribution in [3.05, 3.63) is 40.0 Å². The number of ketones is 1. The minimum Gasteiger partial charge on any atom is -0.361 e. The first-order valence-corrected chi connectivity index (χ1v) is 7.13. The van der Waals surface area contributed by atoms with Crippen molar-refractivity contribution in [1.82, 2.24) is 0 Å². The zero-order valence-corrected chi connectivity index (χ0v) is 12.4. The zero-order valence-electron chi connectivity index (χ0n) is 10.8. The lowest BCUT2D eigenvalue weighted by Crippen LogP contribution is -2.19. The molecule has 2 rings (SSSR count). The Morgan fingerprint density at radius 2 is 2.22 bits per heavy atom. The lowest BCUT2D eigenvalue weighted by Gasteiger charge is -2.19. The fourth-order valence-electron chi connectivity index (χ4n) is 2.22. The minimum atomic E-state index is 0.179. The Bertz CT molecular complexity index is 493. The van der Waals surface area contributed by atoms with Crippen LogP contribution >= 0.6 is 15.9 Å². The van der Waals surface area contributed by atoms with Crippen molar-refractivity contribution in [3.63, 3.8) is 0 Å². The number of carbonyl (C=O) groups excluding carboxylic acids is 1. The Morgan fingerprint density at radius 1 is 1.44 bits per heavy atom. The highest BCUT2D eigenvalue weighted by molar-refractivity contribution is 9.10. The maximum Gasteiger partial charge on any atom is 0.163 e. The van der Waals surface area contributed by atoms with Crippen LogP contribution in [0, 0.1) is 12.8 Å². The molecule has 0 aliphatic heterocycles. The Kier molecular flexibility index (Phi) is 4.23. The van der Waals surface area contributed by atoms with E-state index >= 15 is 0 Å². The molecule has 0 bridgehead atoms. The number of nitrogens with one attached hydrogen (secondary N) is 1. The van der Waals surface area contributed by atoms with E-state index in [2.05, 4.69) is 34.2 Å². The Morgan fingerprint density at radius 3 is 2.94 bits per heavy atom. The van der Waals surface area contributed by atoms with Gasteiger partial charge in [-0.3, -0.25) is 4.79 Å². The monoisotopic (exact) mass is 307 g/mol. The SMILES string of the molecule is Cc1cc(N/C=C2/CCC[C@H](C)C2=O)ccc1Br. The second-order valence-corrected chi connectivity index (χ2v) is 5.79. The van der Waals surface area contributed by atoms with E-state index in [4.69, 9.17) is 0 Å². The smallest absolute Gasteiger partial charge is 0.163 e. The number of rotatable bonds is 2. The van der Waals surface area contributed by atoms with Gasteiger partial charge in [0.2, 0.25) is 0 Å². The molecule has 0 aromatic heterocycles. The van der Waals surface area contributed by atoms with Crippen LogP contribution in [0.2, 0.25) is 0 Å². The summed E-state index contributed by atoms with van der Waals surface area (Å²) >= 11 is 3.48. The minimum absolute atomic E-state index is 0.179. The molecule has 1 fully saturated rings. The third kappa shape index (κ3) is 3.02. The van der Waals surface area contributed by atoms with Crippen LogP contribution in [-0.4, -0.2) is 5.78 Å². The molecule has 1 aliphatic carbocycles. The second-order valence-electron chi connectivity index (χ2n) is 4.94. The maximum absolute atomic E-state index is 12.0. The standard InChI is InChI=1S/C15H18BrNO/c1-10-4-3-5-12(15(10)18)9-17-13-6-7-14(16)11(2)8-13/h6-10,17H,3-5H2,1-2H3/b12-9-/t10-/m0/s1. The van der Waals surface area contributed by atoms with Gasteiger partial charge in [0, 0.05) is 27.9 Å². The number of hydrogen-bond donors (Lipinski definition) is 1. The van der Waals surface area contributed by atoms with Crippen molar-refractivity contribution in [2.45, 2.75) is 33.1 Å². The van der Waals surface area contributed by atoms with Crippen molar-refractivity contribution >= 4 is 27.4 Å². The average Bonchev–Trinajstić information content (AvgIpc) is 2.35. The summed E-state index contributed by atoms with van der Waals surface area (Å²) in [4.78, 5) is 12.0. The predicted molar refractivity (Wildman–Crippen MR) is 78.6 cm³/mol. The second kappa shape index (κ2) is 5.70. The van der Waals surface area contributed by atoms with Gasteiger partial charge in [-0.25, -0.2) is 0 Å². The largest absolute Gasteiger partial charge is 0.361 e. The molecule has 0 spiro atoms. The zero-order chi connectivity index (χ0) is 13.1. The molecule has 96 valence electrons. The van der Waals surface area contributed by atoms with Gasteiger partial charge in [0.1, 0.15) is 0 Å². The molecular weight excluding hydrogens is 290 g/mol. The van der Waals surface area contributed by atoms with Gasteiger partial charge < -0.3 is 5.32 Å². The van der Waals surface area contributed by atoms with E-state index in [1.165, 1.54) is 5.56 Å². The first-order valence-electron chi connectivity index (χ1n) is 6.34. The molecular formula is C15H18BrNO. The van der Waals surface area contributed by atoms with Gasteiger partial charge in [-0.15, -0.1) is 0 Å². The lowest BCUT2D eigenvalue weighted by molar-refractivity contribution is -0.119. The molecule has 1 saturated carbocycles. The summed E-state index contributed by atoms with van der Waals surface area (Å²) < 4.78 is 1.10. The summed E-state index contributed by atoms with van der Waals surface area (Å²) in [5.41, 5.74) is 3.13. The van der Waals surface area contributed by atoms with Crippen molar-refractivity contribution < 1.29 is 4.79 Å². The van der Waals surface area contributed by atoms with Gasteiger partial charge in [0.15, 0.2) is 5.78 Å². The van der Waals surface area contributed by atoms with E-state index in [1.54, 1.807) is 0 Å². The normalized spacial score (nSPS) is 22.3. The quantitative estimate of drug-likeness (QED) is 0.818. The molecule has 1 atom stereocenters. The molecule has 1 aromatic carbocycles. The maximum atomic E-state index is 12.0. The fraction of sp³-hybridized carbons (Fsp3) is 0.400. The number of carbonyl (C=O) groups is 1. The van der Waals surface area contributed by atoms with Crippen LogP contribution in [0.5, 0.6) is 0 Å². The van der Waals surface area contributed by atoms with Gasteiger partial charge in [0.05, 0.1) is 0 Å². The number of aryl methyl sites for hydroxylation is 1. The van der Waals surface area contributed by atoms with Gasteiger partial charge in [-0.1, -0.05) is 22.9 Å². The van der Waals surface area contributed by atoms with E-state index in [0.29, 0.717) is 5.78 Å². The molecule has 0 amide bonds. The number of hydrogen-bond acceptors (Lipinski definition) is 2. The highest BCUT2D eigenvalue weighted by atomic mass is 79.9. The highest BCUT2D eigenvalue weighted by Crippen LogP contribution is 2.25. The van der Waals surface area contributed by atoms with Crippen LogP contribution in [0.4, 0.5) is 5.69 Å². The van der Waals surface area contributed by atoms with Crippen LogP contribution in [-0.2, 0) is 4.79 Å². The lowest BCUT2D eigenvalue weighted by atomic mass is 9.86. The molecule has 1 aliphatic rings. The molecule has 1 aromatic rings. The van der Waals surface area contributed by atoms with Gasteiger partial charge in [0.25, 0.3) is 0 Å². The molecule has 0 radical (unpaired) electrons.